The topological polar surface area (TPSA) is 99.5 Å². The smallest absolute Gasteiger partial charge is 0.263 e. The number of sulfone groups is 1. The number of nitriles is 1. The highest BCUT2D eigenvalue weighted by atomic mass is 32.2. The number of carbonyl (C=O) groups excluding carboxylic acids is 1. The van der Waals surface area contributed by atoms with Crippen LogP contribution < -0.4 is 10.1 Å². The molecule has 2 atom stereocenters. The minimum atomic E-state index is -3.04. The molecule has 2 rings (SSSR count). The van der Waals surface area contributed by atoms with Crippen LogP contribution in [0.4, 0.5) is 0 Å². The van der Waals surface area contributed by atoms with Crippen LogP contribution >= 0.6 is 0 Å². The van der Waals surface area contributed by atoms with Gasteiger partial charge in [-0.3, -0.25) is 4.79 Å². The predicted molar refractivity (Wildman–Crippen MR) is 103 cm³/mol. The molecule has 1 fully saturated rings. The Labute approximate surface area is 160 Å². The Balaban J connectivity index is 2.09. The molecule has 7 nitrogen and oxygen atoms in total. The first-order valence-corrected chi connectivity index (χ1v) is 10.6. The van der Waals surface area contributed by atoms with Crippen LogP contribution in [-0.4, -0.2) is 50.4 Å². The summed E-state index contributed by atoms with van der Waals surface area (Å²) in [5.41, 5.74) is 0.845. The number of benzene rings is 1. The lowest BCUT2D eigenvalue weighted by Crippen LogP contribution is -2.34. The lowest BCUT2D eigenvalue weighted by Gasteiger charge is -2.25. The Morgan fingerprint density at radius 2 is 2.11 bits per heavy atom. The highest BCUT2D eigenvalue weighted by molar-refractivity contribution is 7.91. The van der Waals surface area contributed by atoms with Crippen molar-refractivity contribution in [3.8, 4) is 11.8 Å². The number of rotatable bonds is 7. The molecule has 1 aromatic carbocycles. The summed E-state index contributed by atoms with van der Waals surface area (Å²) >= 11 is 0. The number of nitrogens with one attached hydrogen (secondary N) is 1. The minimum absolute atomic E-state index is 0.0403. The van der Waals surface area contributed by atoms with E-state index in [1.807, 2.05) is 32.0 Å². The maximum atomic E-state index is 12.5. The molecular weight excluding hydrogens is 366 g/mol. The molecule has 1 saturated heterocycles. The summed E-state index contributed by atoms with van der Waals surface area (Å²) in [6.07, 6.45) is 1.98. The van der Waals surface area contributed by atoms with E-state index in [9.17, 15) is 18.5 Å². The van der Waals surface area contributed by atoms with Crippen molar-refractivity contribution in [3.05, 3.63) is 41.6 Å². The average molecular weight is 391 g/mol. The van der Waals surface area contributed by atoms with Gasteiger partial charge in [-0.2, -0.15) is 5.26 Å². The summed E-state index contributed by atoms with van der Waals surface area (Å²) in [6.45, 7) is 4.22. The molecule has 1 aromatic rings. The molecule has 0 spiro atoms. The maximum Gasteiger partial charge on any atom is 0.263 e. The van der Waals surface area contributed by atoms with Gasteiger partial charge in [0.1, 0.15) is 17.4 Å². The van der Waals surface area contributed by atoms with Crippen molar-refractivity contribution >= 4 is 15.7 Å². The molecule has 1 amide bonds. The van der Waals surface area contributed by atoms with Crippen molar-refractivity contribution < 1.29 is 17.9 Å². The molecule has 0 bridgehead atoms. The number of methoxy groups -OCH3 is 1. The van der Waals surface area contributed by atoms with E-state index in [2.05, 4.69) is 5.32 Å². The van der Waals surface area contributed by atoms with E-state index in [1.165, 1.54) is 6.20 Å². The molecule has 1 aliphatic heterocycles. The fourth-order valence-electron chi connectivity index (χ4n) is 3.05. The van der Waals surface area contributed by atoms with Crippen LogP contribution in [0, 0.1) is 11.3 Å². The number of hydrogen-bond acceptors (Lipinski definition) is 6. The zero-order valence-electron chi connectivity index (χ0n) is 15.8. The summed E-state index contributed by atoms with van der Waals surface area (Å²) in [5.74, 6) is 0.435. The number of amides is 1. The molecule has 1 heterocycles. The van der Waals surface area contributed by atoms with Gasteiger partial charge in [0.25, 0.3) is 5.91 Å². The molecule has 27 heavy (non-hydrogen) atoms. The number of ether oxygens (including phenoxy) is 1. The lowest BCUT2D eigenvalue weighted by atomic mass is 10.1. The van der Waals surface area contributed by atoms with Crippen molar-refractivity contribution in [3.63, 3.8) is 0 Å². The van der Waals surface area contributed by atoms with E-state index in [1.54, 1.807) is 24.1 Å². The zero-order valence-corrected chi connectivity index (χ0v) is 16.6. The normalized spacial score (nSPS) is 19.8. The summed E-state index contributed by atoms with van der Waals surface area (Å²) in [7, 11) is -1.46. The number of carbonyl (C=O) groups is 1. The molecule has 2 unspecified atom stereocenters. The monoisotopic (exact) mass is 391 g/mol. The Hall–Kier alpha value is -2.53. The molecular formula is C19H25N3O4S. The second-order valence-electron chi connectivity index (χ2n) is 6.51. The third kappa shape index (κ3) is 5.47. The van der Waals surface area contributed by atoms with Gasteiger partial charge in [-0.05, 0) is 38.0 Å². The third-order valence-corrected chi connectivity index (χ3v) is 6.42. The molecule has 0 radical (unpaired) electrons. The Bertz CT molecular complexity index is 841. The van der Waals surface area contributed by atoms with E-state index in [0.29, 0.717) is 13.0 Å². The largest absolute Gasteiger partial charge is 0.497 e. The van der Waals surface area contributed by atoms with Gasteiger partial charge in [0.15, 0.2) is 9.84 Å². The maximum absolute atomic E-state index is 12.5. The SMILES string of the molecule is CCN(/C=C(/C#N)C(=O)NC(C)c1ccc(OC)cc1)C1CCS(=O)(=O)C1. The van der Waals surface area contributed by atoms with Gasteiger partial charge in [-0.1, -0.05) is 12.1 Å². The Kier molecular flexibility index (Phi) is 6.86. The summed E-state index contributed by atoms with van der Waals surface area (Å²) in [4.78, 5) is 14.3. The Morgan fingerprint density at radius 3 is 2.59 bits per heavy atom. The molecule has 0 saturated carbocycles. The van der Waals surface area contributed by atoms with E-state index in [-0.39, 0.29) is 29.2 Å². The molecule has 0 aliphatic carbocycles. The van der Waals surface area contributed by atoms with Gasteiger partial charge in [-0.15, -0.1) is 0 Å². The summed E-state index contributed by atoms with van der Waals surface area (Å²) < 4.78 is 28.5. The molecule has 0 aromatic heterocycles. The predicted octanol–water partition coefficient (Wildman–Crippen LogP) is 1.79. The Morgan fingerprint density at radius 1 is 1.44 bits per heavy atom. The van der Waals surface area contributed by atoms with Crippen molar-refractivity contribution in [2.45, 2.75) is 32.4 Å². The zero-order chi connectivity index (χ0) is 20.0. The van der Waals surface area contributed by atoms with Gasteiger partial charge in [0.2, 0.25) is 0 Å². The fourth-order valence-corrected chi connectivity index (χ4v) is 4.79. The van der Waals surface area contributed by atoms with Crippen LogP contribution in [0.25, 0.3) is 0 Å². The van der Waals surface area contributed by atoms with Crippen molar-refractivity contribution in [2.24, 2.45) is 0 Å². The van der Waals surface area contributed by atoms with E-state index >= 15 is 0 Å². The van der Waals surface area contributed by atoms with E-state index in [0.717, 1.165) is 11.3 Å². The second-order valence-corrected chi connectivity index (χ2v) is 8.74. The molecule has 8 heteroatoms. The van der Waals surface area contributed by atoms with Crippen molar-refractivity contribution in [1.82, 2.24) is 10.2 Å². The van der Waals surface area contributed by atoms with Crippen LogP contribution in [0.3, 0.4) is 0 Å². The summed E-state index contributed by atoms with van der Waals surface area (Å²) in [5, 5.41) is 12.2. The van der Waals surface area contributed by atoms with Gasteiger partial charge >= 0.3 is 0 Å². The first-order valence-electron chi connectivity index (χ1n) is 8.82. The van der Waals surface area contributed by atoms with Gasteiger partial charge < -0.3 is 15.0 Å². The van der Waals surface area contributed by atoms with Crippen LogP contribution in [0.2, 0.25) is 0 Å². The molecule has 1 aliphatic rings. The van der Waals surface area contributed by atoms with Gasteiger partial charge in [0.05, 0.1) is 24.7 Å². The minimum Gasteiger partial charge on any atom is -0.497 e. The number of nitrogens with zero attached hydrogens (tertiary/aromatic N) is 2. The average Bonchev–Trinajstić information content (AvgIpc) is 3.02. The quantitative estimate of drug-likeness (QED) is 0.562. The number of hydrogen-bond donors (Lipinski definition) is 1. The fraction of sp³-hybridized carbons (Fsp3) is 0.474. The van der Waals surface area contributed by atoms with Gasteiger partial charge in [0, 0.05) is 18.8 Å². The van der Waals surface area contributed by atoms with Crippen molar-refractivity contribution in [2.75, 3.05) is 25.2 Å². The lowest BCUT2D eigenvalue weighted by molar-refractivity contribution is -0.117. The molecule has 146 valence electrons. The molecule has 1 N–H and O–H groups in total. The van der Waals surface area contributed by atoms with E-state index in [4.69, 9.17) is 4.74 Å². The van der Waals surface area contributed by atoms with E-state index < -0.39 is 15.7 Å². The van der Waals surface area contributed by atoms with Gasteiger partial charge in [-0.25, -0.2) is 8.42 Å². The van der Waals surface area contributed by atoms with Crippen LogP contribution in [0.5, 0.6) is 5.75 Å². The third-order valence-electron chi connectivity index (χ3n) is 4.67. The first-order chi connectivity index (χ1) is 12.8. The standard InChI is InChI=1S/C19H25N3O4S/c1-4-22(17-9-10-27(24,25)13-17)12-16(11-20)19(23)21-14(2)15-5-7-18(26-3)8-6-15/h5-8,12,14,17H,4,9-10,13H2,1-3H3,(H,21,23)/b16-12-. The van der Waals surface area contributed by atoms with Crippen LogP contribution in [0.1, 0.15) is 31.9 Å². The highest BCUT2D eigenvalue weighted by Crippen LogP contribution is 2.20. The van der Waals surface area contributed by atoms with Crippen LogP contribution in [-0.2, 0) is 14.6 Å². The van der Waals surface area contributed by atoms with Crippen molar-refractivity contribution in [1.29, 1.82) is 5.26 Å². The van der Waals surface area contributed by atoms with Crippen LogP contribution in [0.15, 0.2) is 36.0 Å². The first kappa shape index (κ1) is 20.8. The second kappa shape index (κ2) is 8.91. The summed E-state index contributed by atoms with van der Waals surface area (Å²) in [6, 6.07) is 8.74. The highest BCUT2D eigenvalue weighted by Gasteiger charge is 2.31.